The second-order valence-corrected chi connectivity index (χ2v) is 6.77. The molecule has 1 amide bonds. The van der Waals surface area contributed by atoms with Gasteiger partial charge in [-0.1, -0.05) is 36.4 Å². The zero-order valence-corrected chi connectivity index (χ0v) is 17.8. The Hall–Kier alpha value is -3.54. The highest BCUT2D eigenvalue weighted by Crippen LogP contribution is 2.28. The van der Waals surface area contributed by atoms with E-state index in [-0.39, 0.29) is 6.61 Å². The molecule has 2 aromatic rings. The predicted molar refractivity (Wildman–Crippen MR) is 118 cm³/mol. The van der Waals surface area contributed by atoms with Gasteiger partial charge in [0.2, 0.25) is 0 Å². The molecular formula is C24H27NO5. The van der Waals surface area contributed by atoms with Crippen molar-refractivity contribution in [3.05, 3.63) is 71.3 Å². The molecule has 0 unspecified atom stereocenters. The number of benzene rings is 2. The molecule has 0 heterocycles. The molecule has 158 valence electrons. The summed E-state index contributed by atoms with van der Waals surface area (Å²) in [7, 11) is 1.54. The van der Waals surface area contributed by atoms with E-state index in [1.54, 1.807) is 30.4 Å². The molecule has 0 radical (unpaired) electrons. The fourth-order valence-corrected chi connectivity index (χ4v) is 2.96. The molecule has 2 aromatic carbocycles. The van der Waals surface area contributed by atoms with Crippen LogP contribution < -0.4 is 14.8 Å². The van der Waals surface area contributed by atoms with Crippen molar-refractivity contribution in [3.8, 4) is 11.5 Å². The van der Waals surface area contributed by atoms with Crippen LogP contribution in [0.3, 0.4) is 0 Å². The Morgan fingerprint density at radius 3 is 2.40 bits per heavy atom. The Labute approximate surface area is 177 Å². The highest BCUT2D eigenvalue weighted by molar-refractivity contribution is 5.95. The average molecular weight is 409 g/mol. The minimum Gasteiger partial charge on any atom is -0.493 e. The quantitative estimate of drug-likeness (QED) is 0.378. The van der Waals surface area contributed by atoms with Gasteiger partial charge in [-0.05, 0) is 55.7 Å². The van der Waals surface area contributed by atoms with E-state index in [1.807, 2.05) is 32.9 Å². The molecule has 0 saturated carbocycles. The van der Waals surface area contributed by atoms with Crippen molar-refractivity contribution in [2.45, 2.75) is 20.8 Å². The van der Waals surface area contributed by atoms with Gasteiger partial charge in [0.1, 0.15) is 6.61 Å². The van der Waals surface area contributed by atoms with E-state index < -0.39 is 11.9 Å². The summed E-state index contributed by atoms with van der Waals surface area (Å²) < 4.78 is 15.8. The SMILES string of the molecule is C=CCOc1ccc(/C=C/C(=O)OCC(=O)Nc2c(C)cc(C)cc2C)cc1OC. The number of nitrogens with one attached hydrogen (secondary N) is 1. The Morgan fingerprint density at radius 1 is 1.07 bits per heavy atom. The van der Waals surface area contributed by atoms with E-state index in [4.69, 9.17) is 14.2 Å². The number of ether oxygens (including phenoxy) is 3. The summed E-state index contributed by atoms with van der Waals surface area (Å²) in [5.41, 5.74) is 4.51. The standard InChI is InChI=1S/C24H27NO5/c1-6-11-29-20-9-7-19(14-21(20)28-5)8-10-23(27)30-15-22(26)25-24-17(3)12-16(2)13-18(24)4/h6-10,12-14H,1,11,15H2,2-5H3,(H,25,26)/b10-8+. The lowest BCUT2D eigenvalue weighted by molar-refractivity contribution is -0.142. The highest BCUT2D eigenvalue weighted by Gasteiger charge is 2.10. The van der Waals surface area contributed by atoms with Gasteiger partial charge >= 0.3 is 5.97 Å². The van der Waals surface area contributed by atoms with Gasteiger partial charge in [-0.2, -0.15) is 0 Å². The Bertz CT molecular complexity index is 939. The molecule has 0 aliphatic carbocycles. The topological polar surface area (TPSA) is 73.9 Å². The first-order valence-corrected chi connectivity index (χ1v) is 9.48. The molecule has 0 saturated heterocycles. The van der Waals surface area contributed by atoms with Crippen molar-refractivity contribution in [2.75, 3.05) is 25.6 Å². The molecule has 6 heteroatoms. The molecule has 0 bridgehead atoms. The lowest BCUT2D eigenvalue weighted by Crippen LogP contribution is -2.21. The maximum absolute atomic E-state index is 12.1. The smallest absolute Gasteiger partial charge is 0.331 e. The van der Waals surface area contributed by atoms with Gasteiger partial charge in [-0.15, -0.1) is 0 Å². The van der Waals surface area contributed by atoms with Crippen molar-refractivity contribution < 1.29 is 23.8 Å². The van der Waals surface area contributed by atoms with Crippen LogP contribution in [0.4, 0.5) is 5.69 Å². The number of anilines is 1. The first-order valence-electron chi connectivity index (χ1n) is 9.48. The third-order valence-corrected chi connectivity index (χ3v) is 4.24. The van der Waals surface area contributed by atoms with Crippen LogP contribution >= 0.6 is 0 Å². The van der Waals surface area contributed by atoms with Crippen LogP contribution in [0.2, 0.25) is 0 Å². The zero-order chi connectivity index (χ0) is 22.1. The van der Waals surface area contributed by atoms with Gasteiger partial charge in [0.15, 0.2) is 18.1 Å². The van der Waals surface area contributed by atoms with Gasteiger partial charge < -0.3 is 19.5 Å². The lowest BCUT2D eigenvalue weighted by Gasteiger charge is -2.12. The summed E-state index contributed by atoms with van der Waals surface area (Å²) in [6.45, 7) is 9.44. The van der Waals surface area contributed by atoms with Crippen LogP contribution in [0.5, 0.6) is 11.5 Å². The zero-order valence-electron chi connectivity index (χ0n) is 17.8. The first kappa shape index (κ1) is 22.7. The lowest BCUT2D eigenvalue weighted by atomic mass is 10.1. The molecule has 0 spiro atoms. The summed E-state index contributed by atoms with van der Waals surface area (Å²) >= 11 is 0. The van der Waals surface area contributed by atoms with E-state index >= 15 is 0 Å². The van der Waals surface area contributed by atoms with Gasteiger partial charge in [-0.25, -0.2) is 4.79 Å². The van der Waals surface area contributed by atoms with Crippen LogP contribution in [-0.4, -0.2) is 32.2 Å². The van der Waals surface area contributed by atoms with Crippen molar-refractivity contribution in [1.82, 2.24) is 0 Å². The summed E-state index contributed by atoms with van der Waals surface area (Å²) in [6.07, 6.45) is 4.48. The number of carbonyl (C=O) groups excluding carboxylic acids is 2. The van der Waals surface area contributed by atoms with Gasteiger partial charge in [-0.3, -0.25) is 4.79 Å². The third kappa shape index (κ3) is 6.51. The van der Waals surface area contributed by atoms with E-state index in [0.29, 0.717) is 18.1 Å². The number of hydrogen-bond acceptors (Lipinski definition) is 5. The number of carbonyl (C=O) groups is 2. The first-order chi connectivity index (χ1) is 14.3. The van der Waals surface area contributed by atoms with Gasteiger partial charge in [0.25, 0.3) is 5.91 Å². The average Bonchev–Trinajstić information content (AvgIpc) is 2.71. The maximum Gasteiger partial charge on any atom is 0.331 e. The predicted octanol–water partition coefficient (Wildman–Crippen LogP) is 4.38. The van der Waals surface area contributed by atoms with Crippen LogP contribution in [0.25, 0.3) is 6.08 Å². The molecule has 30 heavy (non-hydrogen) atoms. The van der Waals surface area contributed by atoms with Gasteiger partial charge in [0, 0.05) is 11.8 Å². The number of methoxy groups -OCH3 is 1. The number of amides is 1. The number of aryl methyl sites for hydroxylation is 3. The van der Waals surface area contributed by atoms with Crippen LogP contribution in [0.1, 0.15) is 22.3 Å². The molecule has 0 fully saturated rings. The number of rotatable bonds is 9. The molecular weight excluding hydrogens is 382 g/mol. The number of esters is 1. The minimum absolute atomic E-state index is 0.363. The minimum atomic E-state index is -0.617. The Balaban J connectivity index is 1.92. The van der Waals surface area contributed by atoms with Gasteiger partial charge in [0.05, 0.1) is 7.11 Å². The molecule has 0 atom stereocenters. The molecule has 2 rings (SSSR count). The van der Waals surface area contributed by atoms with Crippen LogP contribution in [0.15, 0.2) is 49.1 Å². The van der Waals surface area contributed by atoms with Crippen molar-refractivity contribution in [1.29, 1.82) is 0 Å². The molecule has 1 N–H and O–H groups in total. The van der Waals surface area contributed by atoms with Crippen LogP contribution in [0, 0.1) is 20.8 Å². The molecule has 6 nitrogen and oxygen atoms in total. The largest absolute Gasteiger partial charge is 0.493 e. The normalized spacial score (nSPS) is 10.5. The Kier molecular flexibility index (Phi) is 8.23. The summed E-state index contributed by atoms with van der Waals surface area (Å²) in [6, 6.07) is 9.23. The van der Waals surface area contributed by atoms with Crippen molar-refractivity contribution in [3.63, 3.8) is 0 Å². The summed E-state index contributed by atoms with van der Waals surface area (Å²) in [5.74, 6) is 0.108. The Morgan fingerprint density at radius 2 is 1.77 bits per heavy atom. The molecule has 0 aliphatic rings. The van der Waals surface area contributed by atoms with Crippen molar-refractivity contribution in [2.24, 2.45) is 0 Å². The maximum atomic E-state index is 12.1. The third-order valence-electron chi connectivity index (χ3n) is 4.24. The summed E-state index contributed by atoms with van der Waals surface area (Å²) in [4.78, 5) is 24.1. The molecule has 0 aliphatic heterocycles. The van der Waals surface area contributed by atoms with Crippen LogP contribution in [-0.2, 0) is 14.3 Å². The van der Waals surface area contributed by atoms with E-state index in [0.717, 1.165) is 27.9 Å². The van der Waals surface area contributed by atoms with E-state index in [2.05, 4.69) is 11.9 Å². The van der Waals surface area contributed by atoms with Crippen molar-refractivity contribution >= 4 is 23.6 Å². The monoisotopic (exact) mass is 409 g/mol. The second kappa shape index (κ2) is 10.9. The molecule has 0 aromatic heterocycles. The highest BCUT2D eigenvalue weighted by atomic mass is 16.5. The van der Waals surface area contributed by atoms with E-state index in [9.17, 15) is 9.59 Å². The second-order valence-electron chi connectivity index (χ2n) is 6.77. The van der Waals surface area contributed by atoms with E-state index in [1.165, 1.54) is 13.2 Å². The fourth-order valence-electron chi connectivity index (χ4n) is 2.96. The summed E-state index contributed by atoms with van der Waals surface area (Å²) in [5, 5.41) is 2.80. The fraction of sp³-hybridized carbons (Fsp3) is 0.250. The number of hydrogen-bond donors (Lipinski definition) is 1.